The molecule has 72 heavy (non-hydrogen) atoms. The molecule has 17 rings (SSSR count). The third-order valence-electron chi connectivity index (χ3n) is 15.5. The molecule has 0 fully saturated rings. The summed E-state index contributed by atoms with van der Waals surface area (Å²) in [6, 6.07) is 83.4. The van der Waals surface area contributed by atoms with Crippen LogP contribution in [0.25, 0.3) is 154 Å². The largest absolute Gasteiger partial charge is 0.454 e. The van der Waals surface area contributed by atoms with E-state index in [1.807, 2.05) is 0 Å². The fourth-order valence-corrected chi connectivity index (χ4v) is 12.6. The van der Waals surface area contributed by atoms with Crippen LogP contribution in [0.3, 0.4) is 0 Å². The molecular weight excluding hydrogens is 881 g/mol. The van der Waals surface area contributed by atoms with E-state index in [2.05, 4.69) is 249 Å². The zero-order chi connectivity index (χ0) is 46.8. The second kappa shape index (κ2) is 13.9. The van der Waals surface area contributed by atoms with Gasteiger partial charge in [-0.1, -0.05) is 146 Å². The molecule has 6 aromatic heterocycles. The van der Waals surface area contributed by atoms with Gasteiger partial charge in [0.1, 0.15) is 11.2 Å². The van der Waals surface area contributed by atoms with E-state index in [-0.39, 0.29) is 0 Å². The van der Waals surface area contributed by atoms with Gasteiger partial charge in [-0.25, -0.2) is 0 Å². The molecular formula is C66H38N4O2. The molecule has 0 aliphatic heterocycles. The number of fused-ring (bicyclic) bond motifs is 19. The number of furan rings is 2. The van der Waals surface area contributed by atoms with Gasteiger partial charge in [-0.05, 0) is 84.9 Å². The Bertz CT molecular complexity index is 4970. The van der Waals surface area contributed by atoms with Crippen LogP contribution in [-0.4, -0.2) is 18.3 Å². The molecule has 6 heterocycles. The molecule has 11 aromatic carbocycles. The van der Waals surface area contributed by atoms with Crippen LogP contribution in [0.4, 0.5) is 0 Å². The second-order valence-electron chi connectivity index (χ2n) is 19.2. The molecule has 0 bridgehead atoms. The van der Waals surface area contributed by atoms with Gasteiger partial charge in [-0.2, -0.15) is 0 Å². The van der Waals surface area contributed by atoms with Crippen molar-refractivity contribution in [3.05, 3.63) is 231 Å². The first-order valence-electron chi connectivity index (χ1n) is 24.6. The Balaban J connectivity index is 1.05. The molecule has 17 aromatic rings. The Morgan fingerprint density at radius 2 is 0.528 bits per heavy atom. The van der Waals surface area contributed by atoms with Gasteiger partial charge in [0, 0.05) is 70.6 Å². The summed E-state index contributed by atoms with van der Waals surface area (Å²) in [5, 5.41) is 13.6. The third-order valence-corrected chi connectivity index (χ3v) is 15.5. The molecule has 0 atom stereocenters. The van der Waals surface area contributed by atoms with E-state index >= 15 is 0 Å². The maximum absolute atomic E-state index is 7.57. The fraction of sp³-hybridized carbons (Fsp3) is 0. The Kier molecular flexibility index (Phi) is 7.38. The summed E-state index contributed by atoms with van der Waals surface area (Å²) < 4.78 is 24.4. The second-order valence-corrected chi connectivity index (χ2v) is 19.2. The van der Waals surface area contributed by atoms with Gasteiger partial charge in [0.15, 0.2) is 11.2 Å². The summed E-state index contributed by atoms with van der Waals surface area (Å²) in [4.78, 5) is 0. The number of para-hydroxylation sites is 8. The van der Waals surface area contributed by atoms with Gasteiger partial charge in [-0.15, -0.1) is 0 Å². The van der Waals surface area contributed by atoms with E-state index in [1.54, 1.807) is 0 Å². The number of hydrogen-bond acceptors (Lipinski definition) is 2. The molecule has 0 aliphatic carbocycles. The zero-order valence-corrected chi connectivity index (χ0v) is 38.5. The van der Waals surface area contributed by atoms with Crippen LogP contribution in [0.5, 0.6) is 0 Å². The molecule has 0 spiro atoms. The van der Waals surface area contributed by atoms with E-state index in [0.717, 1.165) is 111 Å². The van der Waals surface area contributed by atoms with Crippen molar-refractivity contribution in [3.63, 3.8) is 0 Å². The monoisotopic (exact) mass is 918 g/mol. The van der Waals surface area contributed by atoms with Crippen LogP contribution in [0.1, 0.15) is 0 Å². The quantitative estimate of drug-likeness (QED) is 0.177. The lowest BCUT2D eigenvalue weighted by atomic mass is 10.1. The number of aromatic nitrogens is 4. The summed E-state index contributed by atoms with van der Waals surface area (Å²) in [6.07, 6.45) is 0. The van der Waals surface area contributed by atoms with Gasteiger partial charge in [-0.3, -0.25) is 0 Å². The van der Waals surface area contributed by atoms with Crippen LogP contribution < -0.4 is 0 Å². The van der Waals surface area contributed by atoms with Crippen molar-refractivity contribution >= 4 is 131 Å². The first kappa shape index (κ1) is 38.1. The minimum absolute atomic E-state index is 0.763. The molecule has 6 nitrogen and oxygen atoms in total. The van der Waals surface area contributed by atoms with Crippen molar-refractivity contribution in [1.29, 1.82) is 0 Å². The normalized spacial score (nSPS) is 12.4. The van der Waals surface area contributed by atoms with Crippen molar-refractivity contribution in [3.8, 4) is 22.7 Å². The summed E-state index contributed by atoms with van der Waals surface area (Å²) >= 11 is 0. The molecule has 0 saturated carbocycles. The van der Waals surface area contributed by atoms with E-state index in [1.165, 1.54) is 43.1 Å². The highest BCUT2D eigenvalue weighted by atomic mass is 16.3. The number of nitrogens with zero attached hydrogens (tertiary/aromatic N) is 4. The minimum atomic E-state index is 0.763. The van der Waals surface area contributed by atoms with Crippen molar-refractivity contribution in [2.24, 2.45) is 0 Å². The minimum Gasteiger partial charge on any atom is -0.454 e. The van der Waals surface area contributed by atoms with Crippen molar-refractivity contribution in [1.82, 2.24) is 18.3 Å². The van der Waals surface area contributed by atoms with E-state index in [4.69, 9.17) is 8.83 Å². The van der Waals surface area contributed by atoms with Crippen LogP contribution >= 0.6 is 0 Å². The van der Waals surface area contributed by atoms with E-state index < -0.39 is 0 Å². The van der Waals surface area contributed by atoms with Gasteiger partial charge in [0.2, 0.25) is 0 Å². The summed E-state index contributed by atoms with van der Waals surface area (Å²) in [5.74, 6) is 0. The molecule has 334 valence electrons. The first-order valence-corrected chi connectivity index (χ1v) is 24.6. The smallest absolute Gasteiger partial charge is 0.159 e. The summed E-state index contributed by atoms with van der Waals surface area (Å²) in [7, 11) is 0. The number of rotatable bonds is 4. The highest BCUT2D eigenvalue weighted by Gasteiger charge is 2.26. The van der Waals surface area contributed by atoms with Gasteiger partial charge in [0.05, 0.1) is 60.9 Å². The van der Waals surface area contributed by atoms with Crippen molar-refractivity contribution in [2.45, 2.75) is 0 Å². The van der Waals surface area contributed by atoms with Crippen LogP contribution in [0, 0.1) is 0 Å². The maximum Gasteiger partial charge on any atom is 0.159 e. The van der Waals surface area contributed by atoms with Crippen LogP contribution in [0.15, 0.2) is 239 Å². The number of benzene rings is 11. The fourth-order valence-electron chi connectivity index (χ4n) is 12.6. The van der Waals surface area contributed by atoms with Crippen molar-refractivity contribution in [2.75, 3.05) is 0 Å². The zero-order valence-electron chi connectivity index (χ0n) is 38.5. The van der Waals surface area contributed by atoms with E-state index in [9.17, 15) is 0 Å². The van der Waals surface area contributed by atoms with Gasteiger partial charge >= 0.3 is 0 Å². The SMILES string of the molecule is c1ccc2c(c1)c1ccccc1n2-c1cc(-n2c3ccccc3c3ccccc32)c2oc3c(ccc4oc5c(-n6c7ccccc7c7ccccc76)cc(-n6c7ccccc7c7ccccc76)cc5c43)c2c1. The predicted octanol–water partition coefficient (Wildman–Crippen LogP) is 17.9. The lowest BCUT2D eigenvalue weighted by molar-refractivity contribution is 0.660. The maximum atomic E-state index is 7.57. The molecule has 0 N–H and O–H groups in total. The summed E-state index contributed by atoms with van der Waals surface area (Å²) in [6.45, 7) is 0. The number of hydrogen-bond donors (Lipinski definition) is 0. The highest BCUT2D eigenvalue weighted by molar-refractivity contribution is 6.25. The highest BCUT2D eigenvalue weighted by Crippen LogP contribution is 2.47. The first-order chi connectivity index (χ1) is 35.7. The Morgan fingerprint density at radius 3 is 0.889 bits per heavy atom. The Morgan fingerprint density at radius 1 is 0.222 bits per heavy atom. The van der Waals surface area contributed by atoms with Crippen LogP contribution in [0.2, 0.25) is 0 Å². The molecule has 0 amide bonds. The topological polar surface area (TPSA) is 46.0 Å². The molecule has 0 saturated heterocycles. The lowest BCUT2D eigenvalue weighted by Crippen LogP contribution is -1.99. The standard InChI is InChI=1S/C66H38N4O2/c1-9-25-52-41(17-1)42-18-2-10-26-53(42)67(52)39-35-50-49-33-34-62-63(66(49)72-64(50)60(37-39)69-56-29-13-5-21-45(56)46-22-6-14-30-57(46)69)51-36-40(68-54-27-11-3-19-43(54)44-20-4-12-28-55(44)68)38-61(65(51)71-62)70-58-31-15-7-23-47(58)48-24-8-16-32-59(48)70/h1-38H. The molecule has 6 heteroatoms. The average molecular weight is 919 g/mol. The third kappa shape index (κ3) is 4.92. The molecule has 0 unspecified atom stereocenters. The van der Waals surface area contributed by atoms with Gasteiger partial charge in [0.25, 0.3) is 0 Å². The summed E-state index contributed by atoms with van der Waals surface area (Å²) in [5.41, 5.74) is 16.2. The molecule has 0 radical (unpaired) electrons. The predicted molar refractivity (Wildman–Crippen MR) is 298 cm³/mol. The van der Waals surface area contributed by atoms with E-state index in [0.29, 0.717) is 0 Å². The molecule has 0 aliphatic rings. The average Bonchev–Trinajstić information content (AvgIpc) is 4.29. The van der Waals surface area contributed by atoms with Crippen LogP contribution in [-0.2, 0) is 0 Å². The Labute approximate surface area is 409 Å². The Hall–Kier alpha value is -9.78. The van der Waals surface area contributed by atoms with Gasteiger partial charge < -0.3 is 27.1 Å². The lowest BCUT2D eigenvalue weighted by Gasteiger charge is -2.14. The van der Waals surface area contributed by atoms with Crippen molar-refractivity contribution < 1.29 is 8.83 Å².